The SMILES string of the molecule is CC(O)Cn1ccc(SO)n1. The molecule has 0 spiro atoms. The predicted octanol–water partition coefficient (Wildman–Crippen LogP) is 0.829. The monoisotopic (exact) mass is 174 g/mol. The Morgan fingerprint density at radius 2 is 2.55 bits per heavy atom. The quantitative estimate of drug-likeness (QED) is 0.666. The summed E-state index contributed by atoms with van der Waals surface area (Å²) in [5, 5.41) is 13.4. The van der Waals surface area contributed by atoms with Gasteiger partial charge >= 0.3 is 0 Å². The van der Waals surface area contributed by atoms with Crippen LogP contribution in [0, 0.1) is 0 Å². The van der Waals surface area contributed by atoms with Gasteiger partial charge in [0.1, 0.15) is 5.03 Å². The molecule has 1 atom stereocenters. The van der Waals surface area contributed by atoms with Crippen molar-refractivity contribution in [3.8, 4) is 0 Å². The summed E-state index contributed by atoms with van der Waals surface area (Å²) in [5.74, 6) is 0. The second-order valence-electron chi connectivity index (χ2n) is 2.32. The Kier molecular flexibility index (Phi) is 2.92. The fraction of sp³-hybridized carbons (Fsp3) is 0.500. The summed E-state index contributed by atoms with van der Waals surface area (Å²) in [7, 11) is 0. The van der Waals surface area contributed by atoms with E-state index >= 15 is 0 Å². The molecule has 5 heteroatoms. The molecular formula is C6H10N2O2S. The summed E-state index contributed by atoms with van der Waals surface area (Å²) in [4.78, 5) is 0. The third kappa shape index (κ3) is 2.53. The molecule has 0 saturated heterocycles. The van der Waals surface area contributed by atoms with Crippen molar-refractivity contribution in [3.63, 3.8) is 0 Å². The van der Waals surface area contributed by atoms with Crippen molar-refractivity contribution in [1.29, 1.82) is 0 Å². The molecule has 0 aromatic carbocycles. The minimum absolute atomic E-state index is 0.411. The molecule has 1 rings (SSSR count). The van der Waals surface area contributed by atoms with E-state index in [9.17, 15) is 0 Å². The first-order valence-electron chi connectivity index (χ1n) is 3.25. The number of hydrogen-bond acceptors (Lipinski definition) is 4. The van der Waals surface area contributed by atoms with Crippen LogP contribution in [0.1, 0.15) is 6.92 Å². The molecule has 0 saturated carbocycles. The molecule has 0 amide bonds. The molecule has 0 aliphatic carbocycles. The Morgan fingerprint density at radius 3 is 3.00 bits per heavy atom. The Hall–Kier alpha value is -0.520. The van der Waals surface area contributed by atoms with Crippen molar-refractivity contribution >= 4 is 12.0 Å². The van der Waals surface area contributed by atoms with Gasteiger partial charge in [-0.25, -0.2) is 0 Å². The van der Waals surface area contributed by atoms with Crippen LogP contribution in [0.4, 0.5) is 0 Å². The summed E-state index contributed by atoms with van der Waals surface area (Å²) in [5.41, 5.74) is 0. The molecule has 62 valence electrons. The van der Waals surface area contributed by atoms with Gasteiger partial charge in [0, 0.05) is 18.2 Å². The van der Waals surface area contributed by atoms with E-state index in [1.807, 2.05) is 0 Å². The predicted molar refractivity (Wildman–Crippen MR) is 42.4 cm³/mol. The summed E-state index contributed by atoms with van der Waals surface area (Å²) in [6, 6.07) is 1.69. The molecule has 1 heterocycles. The fourth-order valence-corrected chi connectivity index (χ4v) is 1.03. The first-order chi connectivity index (χ1) is 5.22. The standard InChI is InChI=1S/C6H10N2O2S/c1-5(9)4-8-3-2-6(7-8)11-10/h2-3,5,9-10H,4H2,1H3. The van der Waals surface area contributed by atoms with Gasteiger partial charge in [-0.3, -0.25) is 4.68 Å². The second kappa shape index (κ2) is 3.75. The lowest BCUT2D eigenvalue weighted by molar-refractivity contribution is 0.168. The highest BCUT2D eigenvalue weighted by atomic mass is 32.2. The lowest BCUT2D eigenvalue weighted by atomic mass is 10.4. The number of nitrogens with zero attached hydrogens (tertiary/aromatic N) is 2. The van der Waals surface area contributed by atoms with Crippen LogP contribution >= 0.6 is 12.0 Å². The molecule has 1 aromatic rings. The summed E-state index contributed by atoms with van der Waals surface area (Å²) >= 11 is 0.603. The van der Waals surface area contributed by atoms with Gasteiger partial charge in [0.05, 0.1) is 12.6 Å². The zero-order chi connectivity index (χ0) is 8.27. The summed E-state index contributed by atoms with van der Waals surface area (Å²) < 4.78 is 10.1. The Morgan fingerprint density at radius 1 is 1.82 bits per heavy atom. The normalized spacial score (nSPS) is 13.4. The molecule has 1 aromatic heterocycles. The van der Waals surface area contributed by atoms with E-state index in [2.05, 4.69) is 5.10 Å². The zero-order valence-electron chi connectivity index (χ0n) is 6.14. The van der Waals surface area contributed by atoms with Crippen molar-refractivity contribution in [3.05, 3.63) is 12.3 Å². The first-order valence-corrected chi connectivity index (χ1v) is 4.02. The molecule has 1 unspecified atom stereocenters. The van der Waals surface area contributed by atoms with Crippen molar-refractivity contribution in [2.75, 3.05) is 0 Å². The number of rotatable bonds is 3. The minimum atomic E-state index is -0.411. The maximum Gasteiger partial charge on any atom is 0.145 e. The van der Waals surface area contributed by atoms with Crippen LogP contribution in [-0.4, -0.2) is 25.5 Å². The van der Waals surface area contributed by atoms with Gasteiger partial charge in [-0.05, 0) is 13.0 Å². The van der Waals surface area contributed by atoms with Crippen molar-refractivity contribution in [2.24, 2.45) is 0 Å². The lowest BCUT2D eigenvalue weighted by Gasteiger charge is -2.02. The minimum Gasteiger partial charge on any atom is -0.391 e. The average molecular weight is 174 g/mol. The van der Waals surface area contributed by atoms with E-state index in [1.165, 1.54) is 0 Å². The lowest BCUT2D eigenvalue weighted by Crippen LogP contribution is -2.11. The van der Waals surface area contributed by atoms with Crippen molar-refractivity contribution in [1.82, 2.24) is 9.78 Å². The van der Waals surface area contributed by atoms with Gasteiger partial charge in [0.25, 0.3) is 0 Å². The smallest absolute Gasteiger partial charge is 0.145 e. The Balaban J connectivity index is 2.58. The highest BCUT2D eigenvalue weighted by Crippen LogP contribution is 2.09. The van der Waals surface area contributed by atoms with Gasteiger partial charge in [0.15, 0.2) is 0 Å². The topological polar surface area (TPSA) is 58.3 Å². The fourth-order valence-electron chi connectivity index (χ4n) is 0.764. The number of aromatic nitrogens is 2. The van der Waals surface area contributed by atoms with Gasteiger partial charge in [-0.15, -0.1) is 0 Å². The van der Waals surface area contributed by atoms with Crippen LogP contribution in [0.3, 0.4) is 0 Å². The van der Waals surface area contributed by atoms with Gasteiger partial charge in [-0.1, -0.05) is 0 Å². The van der Waals surface area contributed by atoms with E-state index in [-0.39, 0.29) is 0 Å². The van der Waals surface area contributed by atoms with Crippen LogP contribution in [0.2, 0.25) is 0 Å². The third-order valence-electron chi connectivity index (χ3n) is 1.16. The summed E-state index contributed by atoms with van der Waals surface area (Å²) in [6.45, 7) is 2.15. The van der Waals surface area contributed by atoms with E-state index < -0.39 is 6.10 Å². The van der Waals surface area contributed by atoms with Crippen LogP contribution in [0.5, 0.6) is 0 Å². The molecule has 0 aliphatic rings. The molecule has 0 aliphatic heterocycles. The molecule has 0 radical (unpaired) electrons. The average Bonchev–Trinajstić information content (AvgIpc) is 2.34. The van der Waals surface area contributed by atoms with E-state index in [0.29, 0.717) is 23.6 Å². The van der Waals surface area contributed by atoms with Crippen molar-refractivity contribution < 1.29 is 9.66 Å². The molecule has 11 heavy (non-hydrogen) atoms. The Bertz CT molecular complexity index is 224. The second-order valence-corrected chi connectivity index (χ2v) is 2.92. The first kappa shape index (κ1) is 8.58. The maximum atomic E-state index is 8.96. The van der Waals surface area contributed by atoms with Crippen LogP contribution < -0.4 is 0 Å². The highest BCUT2D eigenvalue weighted by Gasteiger charge is 2.00. The van der Waals surface area contributed by atoms with Gasteiger partial charge in [-0.2, -0.15) is 5.10 Å². The number of aliphatic hydroxyl groups excluding tert-OH is 1. The maximum absolute atomic E-state index is 8.96. The Labute approximate surface area is 69.1 Å². The van der Waals surface area contributed by atoms with Crippen LogP contribution in [0.15, 0.2) is 17.3 Å². The number of hydrogen-bond donors (Lipinski definition) is 2. The largest absolute Gasteiger partial charge is 0.391 e. The van der Waals surface area contributed by atoms with Crippen LogP contribution in [-0.2, 0) is 6.54 Å². The van der Waals surface area contributed by atoms with E-state index in [0.717, 1.165) is 0 Å². The van der Waals surface area contributed by atoms with Crippen LogP contribution in [0.25, 0.3) is 0 Å². The van der Waals surface area contributed by atoms with Gasteiger partial charge < -0.3 is 9.66 Å². The molecular weight excluding hydrogens is 164 g/mol. The summed E-state index contributed by atoms with van der Waals surface area (Å²) in [6.07, 6.45) is 1.30. The molecule has 4 nitrogen and oxygen atoms in total. The third-order valence-corrected chi connectivity index (χ3v) is 1.57. The zero-order valence-corrected chi connectivity index (χ0v) is 6.95. The number of aliphatic hydroxyl groups is 1. The van der Waals surface area contributed by atoms with Crippen molar-refractivity contribution in [2.45, 2.75) is 24.6 Å². The van der Waals surface area contributed by atoms with Gasteiger partial charge in [0.2, 0.25) is 0 Å². The highest BCUT2D eigenvalue weighted by molar-refractivity contribution is 7.93. The molecule has 0 bridgehead atoms. The molecule has 0 fully saturated rings. The van der Waals surface area contributed by atoms with E-state index in [1.54, 1.807) is 23.9 Å². The molecule has 2 N–H and O–H groups in total. The van der Waals surface area contributed by atoms with E-state index in [4.69, 9.17) is 9.66 Å².